The van der Waals surface area contributed by atoms with Crippen molar-refractivity contribution in [3.05, 3.63) is 41.9 Å². The van der Waals surface area contributed by atoms with Crippen LogP contribution in [0.3, 0.4) is 0 Å². The molecule has 0 amide bonds. The van der Waals surface area contributed by atoms with Gasteiger partial charge in [0.05, 0.1) is 12.5 Å². The lowest BCUT2D eigenvalue weighted by Gasteiger charge is -2.21. The Morgan fingerprint density at radius 3 is 2.54 bits per heavy atom. The van der Waals surface area contributed by atoms with E-state index in [0.717, 1.165) is 23.1 Å². The number of amidine groups is 1. The number of ether oxygens (including phenoxy) is 2. The molecule has 0 atom stereocenters. The van der Waals surface area contributed by atoms with Gasteiger partial charge in [-0.25, -0.2) is 4.98 Å². The smallest absolute Gasteiger partial charge is 0.314 e. The van der Waals surface area contributed by atoms with Crippen molar-refractivity contribution in [3.8, 4) is 17.0 Å². The van der Waals surface area contributed by atoms with Crippen LogP contribution < -0.4 is 10.5 Å². The lowest BCUT2D eigenvalue weighted by molar-refractivity contribution is -0.152. The first kappa shape index (κ1) is 19.4. The van der Waals surface area contributed by atoms with Crippen LogP contribution in [0.15, 0.2) is 30.6 Å². The second-order valence-corrected chi connectivity index (χ2v) is 6.54. The van der Waals surface area contributed by atoms with Gasteiger partial charge in [0.2, 0.25) is 5.88 Å². The third-order valence-corrected chi connectivity index (χ3v) is 4.01. The summed E-state index contributed by atoms with van der Waals surface area (Å²) in [4.78, 5) is 20.3. The standard InChI is InChI=1S/C19H24N4O3/c1-5-12-8-16(26-11-19(2,3)18(24)25-4)23-10-14(12)13-6-7-15(17(20)21)22-9-13/h6-10H,5,11H2,1-4H3,(H3,20,21). The van der Waals surface area contributed by atoms with Crippen molar-refractivity contribution in [2.75, 3.05) is 13.7 Å². The highest BCUT2D eigenvalue weighted by Gasteiger charge is 2.30. The Hall–Kier alpha value is -2.96. The van der Waals surface area contributed by atoms with E-state index in [1.54, 1.807) is 32.3 Å². The van der Waals surface area contributed by atoms with Gasteiger partial charge in [-0.3, -0.25) is 15.2 Å². The maximum absolute atomic E-state index is 11.7. The fourth-order valence-electron chi connectivity index (χ4n) is 2.41. The molecule has 26 heavy (non-hydrogen) atoms. The number of aromatic nitrogens is 2. The number of methoxy groups -OCH3 is 1. The summed E-state index contributed by atoms with van der Waals surface area (Å²) in [5.41, 5.74) is 7.99. The van der Waals surface area contributed by atoms with Crippen LogP contribution in [-0.4, -0.2) is 35.5 Å². The number of hydrogen-bond acceptors (Lipinski definition) is 6. The molecule has 3 N–H and O–H groups in total. The number of esters is 1. The molecule has 2 aromatic heterocycles. The molecule has 138 valence electrons. The van der Waals surface area contributed by atoms with E-state index in [-0.39, 0.29) is 18.4 Å². The maximum atomic E-state index is 11.7. The molecule has 7 heteroatoms. The third-order valence-electron chi connectivity index (χ3n) is 4.01. The van der Waals surface area contributed by atoms with Crippen LogP contribution in [0.25, 0.3) is 11.1 Å². The maximum Gasteiger partial charge on any atom is 0.314 e. The molecule has 2 rings (SSSR count). The molecule has 0 aliphatic carbocycles. The van der Waals surface area contributed by atoms with E-state index < -0.39 is 5.41 Å². The summed E-state index contributed by atoms with van der Waals surface area (Å²) >= 11 is 0. The largest absolute Gasteiger partial charge is 0.476 e. The SMILES string of the molecule is CCc1cc(OCC(C)(C)C(=O)OC)ncc1-c1ccc(C(=N)N)nc1. The second kappa shape index (κ2) is 7.95. The molecule has 0 saturated heterocycles. The van der Waals surface area contributed by atoms with Gasteiger partial charge in [0.15, 0.2) is 0 Å². The van der Waals surface area contributed by atoms with Crippen LogP contribution in [-0.2, 0) is 16.0 Å². The molecule has 2 aromatic rings. The second-order valence-electron chi connectivity index (χ2n) is 6.54. The number of nitrogens with zero attached hydrogens (tertiary/aromatic N) is 2. The topological polar surface area (TPSA) is 111 Å². The molecule has 0 bridgehead atoms. The lowest BCUT2D eigenvalue weighted by Crippen LogP contribution is -2.32. The highest BCUT2D eigenvalue weighted by atomic mass is 16.5. The first-order chi connectivity index (χ1) is 12.3. The fraction of sp³-hybridized carbons (Fsp3) is 0.368. The van der Waals surface area contributed by atoms with Crippen LogP contribution in [0.4, 0.5) is 0 Å². The quantitative estimate of drug-likeness (QED) is 0.448. The van der Waals surface area contributed by atoms with Crippen LogP contribution in [0.1, 0.15) is 32.0 Å². The average molecular weight is 356 g/mol. The first-order valence-corrected chi connectivity index (χ1v) is 8.29. The molecule has 0 unspecified atom stereocenters. The van der Waals surface area contributed by atoms with E-state index in [1.165, 1.54) is 7.11 Å². The normalized spacial score (nSPS) is 11.1. The minimum atomic E-state index is -0.756. The number of nitrogens with two attached hydrogens (primary N) is 1. The minimum absolute atomic E-state index is 0.0673. The number of pyridine rings is 2. The summed E-state index contributed by atoms with van der Waals surface area (Å²) in [7, 11) is 1.36. The van der Waals surface area contributed by atoms with Crippen LogP contribution in [0.2, 0.25) is 0 Å². The molecule has 0 aliphatic heterocycles. The van der Waals surface area contributed by atoms with E-state index in [9.17, 15) is 4.79 Å². The van der Waals surface area contributed by atoms with E-state index in [4.69, 9.17) is 20.6 Å². The van der Waals surface area contributed by atoms with E-state index >= 15 is 0 Å². The van der Waals surface area contributed by atoms with Crippen molar-refractivity contribution in [2.45, 2.75) is 27.2 Å². The minimum Gasteiger partial charge on any atom is -0.476 e. The van der Waals surface area contributed by atoms with Gasteiger partial charge in [-0.15, -0.1) is 0 Å². The Morgan fingerprint density at radius 2 is 2.00 bits per heavy atom. The fourth-order valence-corrected chi connectivity index (χ4v) is 2.41. The van der Waals surface area contributed by atoms with Gasteiger partial charge >= 0.3 is 5.97 Å². The number of rotatable bonds is 7. The number of carbonyl (C=O) groups excluding carboxylic acids is 1. The first-order valence-electron chi connectivity index (χ1n) is 8.29. The summed E-state index contributed by atoms with van der Waals surface area (Å²) < 4.78 is 10.5. The van der Waals surface area contributed by atoms with E-state index in [2.05, 4.69) is 9.97 Å². The number of aryl methyl sites for hydroxylation is 1. The van der Waals surface area contributed by atoms with E-state index in [1.807, 2.05) is 19.1 Å². The van der Waals surface area contributed by atoms with Crippen LogP contribution >= 0.6 is 0 Å². The van der Waals surface area contributed by atoms with Gasteiger partial charge in [0.1, 0.15) is 18.1 Å². The molecule has 0 aromatic carbocycles. The summed E-state index contributed by atoms with van der Waals surface area (Å²) in [5.74, 6) is 0.0553. The van der Waals surface area contributed by atoms with Crippen molar-refractivity contribution in [1.29, 1.82) is 5.41 Å². The van der Waals surface area contributed by atoms with Crippen molar-refractivity contribution in [1.82, 2.24) is 9.97 Å². The monoisotopic (exact) mass is 356 g/mol. The van der Waals surface area contributed by atoms with Gasteiger partial charge in [0.25, 0.3) is 0 Å². The zero-order valence-corrected chi connectivity index (χ0v) is 15.5. The van der Waals surface area contributed by atoms with Crippen molar-refractivity contribution < 1.29 is 14.3 Å². The summed E-state index contributed by atoms with van der Waals surface area (Å²) in [6.07, 6.45) is 4.18. The molecular formula is C19H24N4O3. The third kappa shape index (κ3) is 4.36. The number of nitrogen functional groups attached to an aromatic ring is 1. The highest BCUT2D eigenvalue weighted by Crippen LogP contribution is 2.27. The number of carbonyl (C=O) groups is 1. The van der Waals surface area contributed by atoms with Crippen LogP contribution in [0.5, 0.6) is 5.88 Å². The summed E-state index contributed by atoms with van der Waals surface area (Å²) in [5, 5.41) is 7.41. The number of hydrogen-bond donors (Lipinski definition) is 2. The summed E-state index contributed by atoms with van der Waals surface area (Å²) in [6.45, 7) is 5.73. The zero-order valence-electron chi connectivity index (χ0n) is 15.5. The lowest BCUT2D eigenvalue weighted by atomic mass is 9.95. The van der Waals surface area contributed by atoms with Crippen molar-refractivity contribution >= 4 is 11.8 Å². The van der Waals surface area contributed by atoms with Gasteiger partial charge < -0.3 is 15.2 Å². The zero-order chi connectivity index (χ0) is 19.3. The summed E-state index contributed by atoms with van der Waals surface area (Å²) in [6, 6.07) is 5.43. The molecule has 7 nitrogen and oxygen atoms in total. The van der Waals surface area contributed by atoms with E-state index in [0.29, 0.717) is 11.6 Å². The van der Waals surface area contributed by atoms with Crippen molar-refractivity contribution in [3.63, 3.8) is 0 Å². The Balaban J connectivity index is 2.22. The molecular weight excluding hydrogens is 332 g/mol. The van der Waals surface area contributed by atoms with Gasteiger partial charge in [-0.1, -0.05) is 13.0 Å². The Morgan fingerprint density at radius 1 is 1.27 bits per heavy atom. The molecule has 2 heterocycles. The predicted octanol–water partition coefficient (Wildman–Crippen LogP) is 2.57. The van der Waals surface area contributed by atoms with Crippen LogP contribution in [0, 0.1) is 10.8 Å². The molecule has 0 spiro atoms. The molecule has 0 aliphatic rings. The molecule has 0 radical (unpaired) electrons. The van der Waals surface area contributed by atoms with Crippen molar-refractivity contribution in [2.24, 2.45) is 11.1 Å². The molecule has 0 fully saturated rings. The van der Waals surface area contributed by atoms with Gasteiger partial charge in [-0.05, 0) is 31.9 Å². The Bertz CT molecular complexity index is 801. The Labute approximate surface area is 153 Å². The van der Waals surface area contributed by atoms with Gasteiger partial charge in [0, 0.05) is 29.6 Å². The highest BCUT2D eigenvalue weighted by molar-refractivity contribution is 5.93. The Kier molecular flexibility index (Phi) is 5.92. The average Bonchev–Trinajstić information content (AvgIpc) is 2.65. The number of nitrogens with one attached hydrogen (secondary N) is 1. The van der Waals surface area contributed by atoms with Gasteiger partial charge in [-0.2, -0.15) is 0 Å². The predicted molar refractivity (Wildman–Crippen MR) is 99.2 cm³/mol. The molecule has 0 saturated carbocycles.